The highest BCUT2D eigenvalue weighted by Crippen LogP contribution is 2.32. The lowest BCUT2D eigenvalue weighted by molar-refractivity contribution is -0.138. The first-order chi connectivity index (χ1) is 11.1. The monoisotopic (exact) mass is 344 g/mol. The number of benzene rings is 1. The number of ether oxygens (including phenoxy) is 1. The van der Waals surface area contributed by atoms with Crippen LogP contribution in [0.25, 0.3) is 0 Å². The third-order valence-electron chi connectivity index (χ3n) is 3.76. The van der Waals surface area contributed by atoms with E-state index < -0.39 is 23.4 Å². The molecule has 4 nitrogen and oxygen atoms in total. The highest BCUT2D eigenvalue weighted by Gasteiger charge is 2.36. The standard InChI is InChI=1S/C17H23F3N2O2/c1-16(2,3)24-15(23)22-9-8-21-11-13(22)10-12-6-4-5-7-14(12)17(18,19)20/h4-7,13,21H,8-11H2,1-3H3. The molecule has 7 heteroatoms. The molecule has 0 radical (unpaired) electrons. The van der Waals surface area contributed by atoms with Gasteiger partial charge in [0.2, 0.25) is 0 Å². The van der Waals surface area contributed by atoms with Gasteiger partial charge in [-0.05, 0) is 38.8 Å². The number of carbonyl (C=O) groups is 1. The maximum absolute atomic E-state index is 13.2. The van der Waals surface area contributed by atoms with Crippen LogP contribution in [0.15, 0.2) is 24.3 Å². The zero-order chi connectivity index (χ0) is 18.0. The summed E-state index contributed by atoms with van der Waals surface area (Å²) in [5.74, 6) is 0. The van der Waals surface area contributed by atoms with Gasteiger partial charge in [0.25, 0.3) is 0 Å². The molecule has 2 rings (SSSR count). The van der Waals surface area contributed by atoms with Crippen LogP contribution in [0.2, 0.25) is 0 Å². The Kier molecular flexibility index (Phi) is 5.42. The fraction of sp³-hybridized carbons (Fsp3) is 0.588. The Balaban J connectivity index is 2.19. The molecule has 1 fully saturated rings. The van der Waals surface area contributed by atoms with Crippen molar-refractivity contribution in [3.05, 3.63) is 35.4 Å². The van der Waals surface area contributed by atoms with Crippen LogP contribution >= 0.6 is 0 Å². The van der Waals surface area contributed by atoms with Crippen molar-refractivity contribution >= 4 is 6.09 Å². The van der Waals surface area contributed by atoms with Gasteiger partial charge in [0.05, 0.1) is 11.6 Å². The molecule has 0 aliphatic carbocycles. The molecule has 1 aromatic carbocycles. The number of carbonyl (C=O) groups excluding carboxylic acids is 1. The predicted octanol–water partition coefficient (Wildman–Crippen LogP) is 3.46. The lowest BCUT2D eigenvalue weighted by atomic mass is 9.98. The minimum Gasteiger partial charge on any atom is -0.444 e. The average molecular weight is 344 g/mol. The molecule has 1 aliphatic rings. The van der Waals surface area contributed by atoms with Crippen LogP contribution in [0.3, 0.4) is 0 Å². The van der Waals surface area contributed by atoms with Crippen molar-refractivity contribution in [3.63, 3.8) is 0 Å². The van der Waals surface area contributed by atoms with E-state index >= 15 is 0 Å². The molecule has 1 unspecified atom stereocenters. The fourth-order valence-electron chi connectivity index (χ4n) is 2.73. The Bertz CT molecular complexity index is 582. The van der Waals surface area contributed by atoms with Crippen molar-refractivity contribution in [2.24, 2.45) is 0 Å². The van der Waals surface area contributed by atoms with E-state index in [-0.39, 0.29) is 18.0 Å². The van der Waals surface area contributed by atoms with E-state index in [4.69, 9.17) is 4.74 Å². The Morgan fingerprint density at radius 2 is 1.96 bits per heavy atom. The van der Waals surface area contributed by atoms with E-state index in [1.54, 1.807) is 26.8 Å². The van der Waals surface area contributed by atoms with Gasteiger partial charge >= 0.3 is 12.3 Å². The molecule has 0 spiro atoms. The largest absolute Gasteiger partial charge is 0.444 e. The Labute approximate surface area is 140 Å². The Hall–Kier alpha value is -1.76. The summed E-state index contributed by atoms with van der Waals surface area (Å²) in [6.07, 6.45) is -4.77. The number of amides is 1. The number of piperazine rings is 1. The van der Waals surface area contributed by atoms with E-state index in [1.807, 2.05) is 0 Å². The van der Waals surface area contributed by atoms with Crippen molar-refractivity contribution in [2.45, 2.75) is 45.0 Å². The second-order valence-corrected chi connectivity index (χ2v) is 6.89. The summed E-state index contributed by atoms with van der Waals surface area (Å²) in [6.45, 7) is 6.74. The summed E-state index contributed by atoms with van der Waals surface area (Å²) >= 11 is 0. The van der Waals surface area contributed by atoms with E-state index in [2.05, 4.69) is 5.32 Å². The Morgan fingerprint density at radius 3 is 2.58 bits per heavy atom. The number of hydrogen-bond acceptors (Lipinski definition) is 3. The molecule has 24 heavy (non-hydrogen) atoms. The molecule has 1 amide bonds. The van der Waals surface area contributed by atoms with E-state index in [1.165, 1.54) is 17.0 Å². The molecule has 1 saturated heterocycles. The Morgan fingerprint density at radius 1 is 1.29 bits per heavy atom. The molecule has 1 atom stereocenters. The number of alkyl halides is 3. The summed E-state index contributed by atoms with van der Waals surface area (Å²) in [5.41, 5.74) is -1.11. The average Bonchev–Trinajstić information content (AvgIpc) is 2.45. The summed E-state index contributed by atoms with van der Waals surface area (Å²) in [5, 5.41) is 3.13. The highest BCUT2D eigenvalue weighted by molar-refractivity contribution is 5.69. The van der Waals surface area contributed by atoms with Crippen molar-refractivity contribution in [1.29, 1.82) is 0 Å². The number of halogens is 3. The van der Waals surface area contributed by atoms with Crippen molar-refractivity contribution in [2.75, 3.05) is 19.6 Å². The molecule has 0 saturated carbocycles. The molecule has 1 heterocycles. The minimum atomic E-state index is -4.41. The smallest absolute Gasteiger partial charge is 0.416 e. The molecule has 1 N–H and O–H groups in total. The zero-order valence-electron chi connectivity index (χ0n) is 14.1. The summed E-state index contributed by atoms with van der Waals surface area (Å²) in [7, 11) is 0. The fourth-order valence-corrected chi connectivity index (χ4v) is 2.73. The van der Waals surface area contributed by atoms with Gasteiger partial charge in [-0.3, -0.25) is 0 Å². The van der Waals surface area contributed by atoms with Crippen LogP contribution in [-0.4, -0.2) is 42.3 Å². The number of hydrogen-bond donors (Lipinski definition) is 1. The quantitative estimate of drug-likeness (QED) is 0.893. The van der Waals surface area contributed by atoms with Gasteiger partial charge in [-0.1, -0.05) is 18.2 Å². The van der Waals surface area contributed by atoms with Gasteiger partial charge in [-0.15, -0.1) is 0 Å². The summed E-state index contributed by atoms with van der Waals surface area (Å²) in [4.78, 5) is 13.9. The van der Waals surface area contributed by atoms with Gasteiger partial charge in [0.15, 0.2) is 0 Å². The molecule has 1 aliphatic heterocycles. The molecular formula is C17H23F3N2O2. The first-order valence-electron chi connectivity index (χ1n) is 7.93. The number of rotatable bonds is 2. The third-order valence-corrected chi connectivity index (χ3v) is 3.76. The molecule has 1 aromatic rings. The van der Waals surface area contributed by atoms with Gasteiger partial charge < -0.3 is 15.0 Å². The molecular weight excluding hydrogens is 321 g/mol. The topological polar surface area (TPSA) is 41.6 Å². The summed E-state index contributed by atoms with van der Waals surface area (Å²) in [6, 6.07) is 5.11. The van der Waals surface area contributed by atoms with Crippen LogP contribution in [0.5, 0.6) is 0 Å². The SMILES string of the molecule is CC(C)(C)OC(=O)N1CCNCC1Cc1ccccc1C(F)(F)F. The van der Waals surface area contributed by atoms with Crippen molar-refractivity contribution in [3.8, 4) is 0 Å². The van der Waals surface area contributed by atoms with Gasteiger partial charge in [-0.2, -0.15) is 13.2 Å². The second kappa shape index (κ2) is 7.01. The van der Waals surface area contributed by atoms with Crippen molar-refractivity contribution < 1.29 is 22.7 Å². The lowest BCUT2D eigenvalue weighted by Crippen LogP contribution is -2.55. The van der Waals surface area contributed by atoms with Crippen LogP contribution in [0.4, 0.5) is 18.0 Å². The van der Waals surface area contributed by atoms with Crippen molar-refractivity contribution in [1.82, 2.24) is 10.2 Å². The minimum absolute atomic E-state index is 0.127. The van der Waals surface area contributed by atoms with Gasteiger partial charge in [0.1, 0.15) is 5.60 Å². The van der Waals surface area contributed by atoms with E-state index in [0.717, 1.165) is 6.07 Å². The maximum Gasteiger partial charge on any atom is 0.416 e. The van der Waals surface area contributed by atoms with Crippen LogP contribution in [-0.2, 0) is 17.3 Å². The predicted molar refractivity (Wildman–Crippen MR) is 84.7 cm³/mol. The zero-order valence-corrected chi connectivity index (χ0v) is 14.1. The second-order valence-electron chi connectivity index (χ2n) is 6.89. The highest BCUT2D eigenvalue weighted by atomic mass is 19.4. The van der Waals surface area contributed by atoms with Crippen LogP contribution < -0.4 is 5.32 Å². The number of nitrogens with one attached hydrogen (secondary N) is 1. The molecule has 0 aromatic heterocycles. The van der Waals surface area contributed by atoms with Gasteiger partial charge in [-0.25, -0.2) is 4.79 Å². The van der Waals surface area contributed by atoms with Crippen LogP contribution in [0, 0.1) is 0 Å². The van der Waals surface area contributed by atoms with E-state index in [9.17, 15) is 18.0 Å². The normalized spacial score (nSPS) is 19.2. The summed E-state index contributed by atoms with van der Waals surface area (Å²) < 4.78 is 44.9. The maximum atomic E-state index is 13.2. The number of nitrogens with zero attached hydrogens (tertiary/aromatic N) is 1. The lowest BCUT2D eigenvalue weighted by Gasteiger charge is -2.37. The first kappa shape index (κ1) is 18.6. The van der Waals surface area contributed by atoms with Gasteiger partial charge in [0, 0.05) is 19.6 Å². The molecule has 0 bridgehead atoms. The first-order valence-corrected chi connectivity index (χ1v) is 7.93. The third kappa shape index (κ3) is 4.87. The molecule has 134 valence electrons. The van der Waals surface area contributed by atoms with Crippen LogP contribution in [0.1, 0.15) is 31.9 Å². The van der Waals surface area contributed by atoms with E-state index in [0.29, 0.717) is 19.6 Å².